The van der Waals surface area contributed by atoms with Gasteiger partial charge in [0.05, 0.1) is 25.0 Å². The predicted molar refractivity (Wildman–Crippen MR) is 108 cm³/mol. The van der Waals surface area contributed by atoms with Crippen LogP contribution >= 0.6 is 0 Å². The van der Waals surface area contributed by atoms with E-state index < -0.39 is 15.8 Å². The van der Waals surface area contributed by atoms with Gasteiger partial charge in [-0.15, -0.1) is 0 Å². The summed E-state index contributed by atoms with van der Waals surface area (Å²) in [5, 5.41) is 7.32. The van der Waals surface area contributed by atoms with Gasteiger partial charge in [-0.3, -0.25) is 9.48 Å². The van der Waals surface area contributed by atoms with E-state index in [-0.39, 0.29) is 35.9 Å². The van der Waals surface area contributed by atoms with Crippen LogP contribution in [0.4, 0.5) is 10.2 Å². The van der Waals surface area contributed by atoms with Crippen LogP contribution in [0, 0.1) is 5.82 Å². The number of hydrogen-bond acceptors (Lipinski definition) is 5. The van der Waals surface area contributed by atoms with Crippen LogP contribution in [0.5, 0.6) is 0 Å². The van der Waals surface area contributed by atoms with Crippen LogP contribution in [0.25, 0.3) is 0 Å². The molecule has 1 aromatic carbocycles. The van der Waals surface area contributed by atoms with Gasteiger partial charge in [0.25, 0.3) is 5.91 Å². The van der Waals surface area contributed by atoms with Gasteiger partial charge in [0.15, 0.2) is 0 Å². The molecule has 0 saturated heterocycles. The first kappa shape index (κ1) is 21.0. The first-order valence-electron chi connectivity index (χ1n) is 9.21. The molecule has 1 aliphatic rings. The van der Waals surface area contributed by atoms with Crippen LogP contribution < -0.4 is 10.0 Å². The molecule has 10 heteroatoms. The number of aryl methyl sites for hydroxylation is 1. The van der Waals surface area contributed by atoms with Crippen molar-refractivity contribution in [3.63, 3.8) is 0 Å². The fourth-order valence-electron chi connectivity index (χ4n) is 3.14. The van der Waals surface area contributed by atoms with Gasteiger partial charge in [0, 0.05) is 36.0 Å². The average molecular weight is 421 g/mol. The van der Waals surface area contributed by atoms with Gasteiger partial charge in [-0.1, -0.05) is 19.6 Å². The monoisotopic (exact) mass is 421 g/mol. The number of carbonyl (C=O) groups excluding carboxylic acids is 1. The summed E-state index contributed by atoms with van der Waals surface area (Å²) in [6, 6.07) is 4.06. The van der Waals surface area contributed by atoms with E-state index in [0.717, 1.165) is 17.4 Å². The van der Waals surface area contributed by atoms with Gasteiger partial charge in [-0.2, -0.15) is 5.10 Å². The van der Waals surface area contributed by atoms with Crippen molar-refractivity contribution >= 4 is 21.7 Å². The average Bonchev–Trinajstić information content (AvgIpc) is 2.89. The Morgan fingerprint density at radius 3 is 2.83 bits per heavy atom. The Balaban J connectivity index is 1.76. The predicted octanol–water partition coefficient (Wildman–Crippen LogP) is 1.97. The number of rotatable bonds is 6. The van der Waals surface area contributed by atoms with Crippen LogP contribution in [0.1, 0.15) is 34.8 Å². The van der Waals surface area contributed by atoms with Crippen LogP contribution in [-0.4, -0.2) is 41.3 Å². The standard InChI is InChI=1S/C19H24FN5O3S/c1-4-7-29(27,28)22-10-15-6-5-14(8-17(15)20)19(26)25-11-13(2)23-18-16(12-25)9-21-24(18)3/h5-6,8-9,22-23H,2,4,7,10-12H2,1,3H3. The Kier molecular flexibility index (Phi) is 6.04. The number of sulfonamides is 1. The molecule has 3 rings (SSSR count). The molecular weight excluding hydrogens is 397 g/mol. The maximum absolute atomic E-state index is 14.5. The molecule has 0 radical (unpaired) electrons. The molecule has 156 valence electrons. The molecule has 1 amide bonds. The van der Waals surface area contributed by atoms with Crippen LogP contribution in [0.3, 0.4) is 0 Å². The minimum absolute atomic E-state index is 0.0194. The lowest BCUT2D eigenvalue weighted by atomic mass is 10.1. The van der Waals surface area contributed by atoms with Gasteiger partial charge in [0.1, 0.15) is 11.6 Å². The van der Waals surface area contributed by atoms with E-state index in [4.69, 9.17) is 0 Å². The van der Waals surface area contributed by atoms with E-state index in [1.165, 1.54) is 12.1 Å². The smallest absolute Gasteiger partial charge is 0.254 e. The second-order valence-electron chi connectivity index (χ2n) is 6.98. The lowest BCUT2D eigenvalue weighted by Gasteiger charge is -2.21. The van der Waals surface area contributed by atoms with Crippen molar-refractivity contribution in [2.75, 3.05) is 17.6 Å². The number of anilines is 1. The topological polar surface area (TPSA) is 96.3 Å². The number of nitrogens with zero attached hydrogens (tertiary/aromatic N) is 3. The molecule has 2 aromatic rings. The third-order valence-corrected chi connectivity index (χ3v) is 6.13. The van der Waals surface area contributed by atoms with Gasteiger partial charge in [-0.05, 0) is 18.6 Å². The highest BCUT2D eigenvalue weighted by atomic mass is 32.2. The quantitative estimate of drug-likeness (QED) is 0.744. The zero-order valence-electron chi connectivity index (χ0n) is 16.4. The van der Waals surface area contributed by atoms with Crippen molar-refractivity contribution in [3.05, 3.63) is 59.2 Å². The number of amides is 1. The maximum Gasteiger partial charge on any atom is 0.254 e. The molecular formula is C19H24FN5O3S. The van der Waals surface area contributed by atoms with Crippen LogP contribution in [-0.2, 0) is 30.2 Å². The second-order valence-corrected chi connectivity index (χ2v) is 8.90. The van der Waals surface area contributed by atoms with E-state index >= 15 is 0 Å². The largest absolute Gasteiger partial charge is 0.343 e. The summed E-state index contributed by atoms with van der Waals surface area (Å²) >= 11 is 0. The fraction of sp³-hybridized carbons (Fsp3) is 0.368. The molecule has 8 nitrogen and oxygen atoms in total. The Bertz CT molecular complexity index is 1050. The summed E-state index contributed by atoms with van der Waals surface area (Å²) in [4.78, 5) is 14.5. The third-order valence-electron chi connectivity index (χ3n) is 4.60. The third kappa shape index (κ3) is 4.83. The Hall–Kier alpha value is -2.72. The van der Waals surface area contributed by atoms with Gasteiger partial charge >= 0.3 is 0 Å². The van der Waals surface area contributed by atoms with Crippen molar-refractivity contribution in [1.82, 2.24) is 19.4 Å². The number of hydrogen-bond donors (Lipinski definition) is 2. The number of nitrogens with one attached hydrogen (secondary N) is 2. The zero-order valence-corrected chi connectivity index (χ0v) is 17.2. The molecule has 0 aliphatic carbocycles. The van der Waals surface area contributed by atoms with Gasteiger partial charge < -0.3 is 10.2 Å². The Morgan fingerprint density at radius 1 is 1.38 bits per heavy atom. The molecule has 1 aromatic heterocycles. The summed E-state index contributed by atoms with van der Waals surface area (Å²) in [6.07, 6.45) is 2.15. The van der Waals surface area contributed by atoms with E-state index in [1.807, 2.05) is 0 Å². The molecule has 2 heterocycles. The van der Waals surface area contributed by atoms with E-state index in [2.05, 4.69) is 21.7 Å². The molecule has 2 N–H and O–H groups in total. The van der Waals surface area contributed by atoms with E-state index in [1.54, 1.807) is 29.7 Å². The summed E-state index contributed by atoms with van der Waals surface area (Å²) < 4.78 is 42.0. The first-order valence-corrected chi connectivity index (χ1v) is 10.9. The van der Waals surface area contributed by atoms with E-state index in [9.17, 15) is 17.6 Å². The van der Waals surface area contributed by atoms with Crippen molar-refractivity contribution in [2.24, 2.45) is 7.05 Å². The summed E-state index contributed by atoms with van der Waals surface area (Å²) in [6.45, 7) is 6.11. The van der Waals surface area contributed by atoms with Crippen molar-refractivity contribution in [2.45, 2.75) is 26.4 Å². The SMILES string of the molecule is C=C1CN(C(=O)c2ccc(CNS(=O)(=O)CCC)c(F)c2)Cc2cnn(C)c2N1. The number of carbonyl (C=O) groups is 1. The molecule has 29 heavy (non-hydrogen) atoms. The zero-order chi connectivity index (χ0) is 21.2. The van der Waals surface area contributed by atoms with Crippen LogP contribution in [0.2, 0.25) is 0 Å². The lowest BCUT2D eigenvalue weighted by molar-refractivity contribution is 0.0760. The number of aromatic nitrogens is 2. The van der Waals surface area contributed by atoms with Gasteiger partial charge in [-0.25, -0.2) is 17.5 Å². The first-order chi connectivity index (χ1) is 13.7. The van der Waals surface area contributed by atoms with Crippen molar-refractivity contribution in [1.29, 1.82) is 0 Å². The number of halogens is 1. The highest BCUT2D eigenvalue weighted by Gasteiger charge is 2.24. The minimum Gasteiger partial charge on any atom is -0.343 e. The molecule has 0 fully saturated rings. The lowest BCUT2D eigenvalue weighted by Crippen LogP contribution is -2.32. The van der Waals surface area contributed by atoms with Crippen molar-refractivity contribution in [3.8, 4) is 0 Å². The number of fused-ring (bicyclic) bond motifs is 1. The molecule has 0 unspecified atom stereocenters. The second kappa shape index (κ2) is 8.34. The number of benzene rings is 1. The highest BCUT2D eigenvalue weighted by molar-refractivity contribution is 7.89. The summed E-state index contributed by atoms with van der Waals surface area (Å²) in [5.74, 6) is -0.231. The maximum atomic E-state index is 14.5. The molecule has 0 saturated carbocycles. The highest BCUT2D eigenvalue weighted by Crippen LogP contribution is 2.24. The molecule has 0 bridgehead atoms. The Labute approximate surface area is 169 Å². The van der Waals surface area contributed by atoms with Gasteiger partial charge in [0.2, 0.25) is 10.0 Å². The summed E-state index contributed by atoms with van der Waals surface area (Å²) in [5.41, 5.74) is 1.82. The minimum atomic E-state index is -3.44. The molecule has 1 aliphatic heterocycles. The van der Waals surface area contributed by atoms with E-state index in [0.29, 0.717) is 18.7 Å². The Morgan fingerprint density at radius 2 is 2.14 bits per heavy atom. The van der Waals surface area contributed by atoms with Crippen LogP contribution in [0.15, 0.2) is 36.7 Å². The fourth-order valence-corrected chi connectivity index (χ4v) is 4.19. The molecule has 0 spiro atoms. The normalized spacial score (nSPS) is 14.3. The summed E-state index contributed by atoms with van der Waals surface area (Å²) in [7, 11) is -1.65. The van der Waals surface area contributed by atoms with Crippen molar-refractivity contribution < 1.29 is 17.6 Å². The molecule has 0 atom stereocenters.